The monoisotopic (exact) mass is 296 g/mol. The number of hydrogen-bond donors (Lipinski definition) is 0. The summed E-state index contributed by atoms with van der Waals surface area (Å²) in [5.74, 6) is -0.0997. The average molecular weight is 296 g/mol. The molecular formula is C17H28O4. The van der Waals surface area contributed by atoms with Crippen molar-refractivity contribution in [2.45, 2.75) is 53.4 Å². The number of ether oxygens (including phenoxy) is 2. The van der Waals surface area contributed by atoms with E-state index in [0.717, 1.165) is 25.7 Å². The van der Waals surface area contributed by atoms with Crippen LogP contribution in [0, 0.1) is 17.8 Å². The average Bonchev–Trinajstić information content (AvgIpc) is 2.93. The zero-order valence-electron chi connectivity index (χ0n) is 13.7. The van der Waals surface area contributed by atoms with E-state index in [9.17, 15) is 9.59 Å². The Balaban J connectivity index is 2.71. The smallest absolute Gasteiger partial charge is 0.334 e. The van der Waals surface area contributed by atoms with Crippen LogP contribution in [0.3, 0.4) is 0 Å². The van der Waals surface area contributed by atoms with Gasteiger partial charge in [-0.05, 0) is 30.6 Å². The molecule has 0 aromatic rings. The van der Waals surface area contributed by atoms with Crippen molar-refractivity contribution in [2.24, 2.45) is 17.8 Å². The molecule has 1 rings (SSSR count). The van der Waals surface area contributed by atoms with E-state index < -0.39 is 5.97 Å². The number of rotatable bonds is 7. The SMILES string of the molecule is CC(C)COC(=O)/C=C(/C(=O)OCC(C)C)C1CCCC1. The predicted molar refractivity (Wildman–Crippen MR) is 81.6 cm³/mol. The Morgan fingerprint density at radius 2 is 1.52 bits per heavy atom. The maximum Gasteiger partial charge on any atom is 0.334 e. The fourth-order valence-electron chi connectivity index (χ4n) is 2.32. The Bertz CT molecular complexity index is 376. The summed E-state index contributed by atoms with van der Waals surface area (Å²) in [5.41, 5.74) is 0.488. The quantitative estimate of drug-likeness (QED) is 0.533. The molecule has 0 aromatic heterocycles. The van der Waals surface area contributed by atoms with Crippen LogP contribution in [0.5, 0.6) is 0 Å². The fourth-order valence-corrected chi connectivity index (χ4v) is 2.32. The van der Waals surface area contributed by atoms with E-state index in [0.29, 0.717) is 18.8 Å². The summed E-state index contributed by atoms with van der Waals surface area (Å²) in [6.45, 7) is 8.68. The van der Waals surface area contributed by atoms with Crippen LogP contribution in [0.15, 0.2) is 11.6 Å². The van der Waals surface area contributed by atoms with Crippen LogP contribution in [0.1, 0.15) is 53.4 Å². The van der Waals surface area contributed by atoms with E-state index in [2.05, 4.69) is 0 Å². The highest BCUT2D eigenvalue weighted by molar-refractivity contribution is 5.96. The minimum absolute atomic E-state index is 0.135. The minimum Gasteiger partial charge on any atom is -0.462 e. The van der Waals surface area contributed by atoms with E-state index in [1.807, 2.05) is 27.7 Å². The van der Waals surface area contributed by atoms with E-state index in [-0.39, 0.29) is 23.7 Å². The van der Waals surface area contributed by atoms with Crippen molar-refractivity contribution in [3.8, 4) is 0 Å². The lowest BCUT2D eigenvalue weighted by Crippen LogP contribution is -2.19. The van der Waals surface area contributed by atoms with Crippen LogP contribution in [0.25, 0.3) is 0 Å². The Morgan fingerprint density at radius 1 is 1.00 bits per heavy atom. The second kappa shape index (κ2) is 8.85. The van der Waals surface area contributed by atoms with Crippen molar-refractivity contribution in [3.63, 3.8) is 0 Å². The Hall–Kier alpha value is -1.32. The van der Waals surface area contributed by atoms with Gasteiger partial charge in [0, 0.05) is 11.6 Å². The summed E-state index contributed by atoms with van der Waals surface area (Å²) in [7, 11) is 0. The summed E-state index contributed by atoms with van der Waals surface area (Å²) in [4.78, 5) is 24.1. The lowest BCUT2D eigenvalue weighted by Gasteiger charge is -2.15. The molecule has 21 heavy (non-hydrogen) atoms. The van der Waals surface area contributed by atoms with Crippen LogP contribution in [0.2, 0.25) is 0 Å². The molecule has 1 aliphatic rings. The zero-order chi connectivity index (χ0) is 15.8. The van der Waals surface area contributed by atoms with Crippen LogP contribution in [-0.2, 0) is 19.1 Å². The summed E-state index contributed by atoms with van der Waals surface area (Å²) in [6, 6.07) is 0. The third kappa shape index (κ3) is 6.78. The van der Waals surface area contributed by atoms with Crippen LogP contribution in [-0.4, -0.2) is 25.2 Å². The van der Waals surface area contributed by atoms with Gasteiger partial charge in [0.05, 0.1) is 13.2 Å². The van der Waals surface area contributed by atoms with Gasteiger partial charge in [0.2, 0.25) is 0 Å². The number of carbonyl (C=O) groups is 2. The molecule has 1 saturated carbocycles. The highest BCUT2D eigenvalue weighted by Crippen LogP contribution is 2.31. The first-order chi connectivity index (χ1) is 9.90. The van der Waals surface area contributed by atoms with Gasteiger partial charge in [-0.2, -0.15) is 0 Å². The van der Waals surface area contributed by atoms with E-state index in [1.165, 1.54) is 6.08 Å². The van der Waals surface area contributed by atoms with Gasteiger partial charge in [-0.1, -0.05) is 40.5 Å². The second-order valence-corrected chi connectivity index (χ2v) is 6.60. The molecule has 0 N–H and O–H groups in total. The molecule has 0 spiro atoms. The molecule has 4 nitrogen and oxygen atoms in total. The number of hydrogen-bond acceptors (Lipinski definition) is 4. The van der Waals surface area contributed by atoms with Crippen molar-refractivity contribution in [2.75, 3.05) is 13.2 Å². The van der Waals surface area contributed by atoms with Gasteiger partial charge >= 0.3 is 11.9 Å². The third-order valence-electron chi connectivity index (χ3n) is 3.41. The lowest BCUT2D eigenvalue weighted by molar-refractivity contribution is -0.143. The summed E-state index contributed by atoms with van der Waals surface area (Å²) >= 11 is 0. The first-order valence-electron chi connectivity index (χ1n) is 7.95. The van der Waals surface area contributed by atoms with Crippen LogP contribution >= 0.6 is 0 Å². The normalized spacial score (nSPS) is 16.6. The molecule has 0 amide bonds. The molecule has 0 heterocycles. The minimum atomic E-state index is -0.438. The molecule has 0 aromatic carbocycles. The van der Waals surface area contributed by atoms with Crippen LogP contribution in [0.4, 0.5) is 0 Å². The summed E-state index contributed by atoms with van der Waals surface area (Å²) in [6.07, 6.45) is 5.43. The number of carbonyl (C=O) groups excluding carboxylic acids is 2. The summed E-state index contributed by atoms with van der Waals surface area (Å²) < 4.78 is 10.4. The van der Waals surface area contributed by atoms with Crippen molar-refractivity contribution in [1.82, 2.24) is 0 Å². The van der Waals surface area contributed by atoms with Gasteiger partial charge in [-0.25, -0.2) is 9.59 Å². The highest BCUT2D eigenvalue weighted by Gasteiger charge is 2.27. The van der Waals surface area contributed by atoms with Crippen molar-refractivity contribution < 1.29 is 19.1 Å². The fraction of sp³-hybridized carbons (Fsp3) is 0.765. The predicted octanol–water partition coefficient (Wildman–Crippen LogP) is 3.50. The zero-order valence-corrected chi connectivity index (χ0v) is 13.7. The molecule has 0 unspecified atom stereocenters. The maximum absolute atomic E-state index is 12.2. The Labute approximate surface area is 127 Å². The van der Waals surface area contributed by atoms with Crippen LogP contribution < -0.4 is 0 Å². The standard InChI is InChI=1S/C17H28O4/c1-12(2)10-20-16(18)9-15(14-7-5-6-8-14)17(19)21-11-13(3)4/h9,12-14H,5-8,10-11H2,1-4H3/b15-9+. The molecule has 1 fully saturated rings. The van der Waals surface area contributed by atoms with E-state index in [4.69, 9.17) is 9.47 Å². The first kappa shape index (κ1) is 17.7. The molecule has 0 radical (unpaired) electrons. The van der Waals surface area contributed by atoms with Crippen molar-refractivity contribution in [1.29, 1.82) is 0 Å². The van der Waals surface area contributed by atoms with E-state index in [1.54, 1.807) is 0 Å². The molecule has 120 valence electrons. The first-order valence-corrected chi connectivity index (χ1v) is 7.95. The third-order valence-corrected chi connectivity index (χ3v) is 3.41. The van der Waals surface area contributed by atoms with Gasteiger partial charge in [0.15, 0.2) is 0 Å². The summed E-state index contributed by atoms with van der Waals surface area (Å²) in [5, 5.41) is 0. The topological polar surface area (TPSA) is 52.6 Å². The van der Waals surface area contributed by atoms with Crippen molar-refractivity contribution >= 4 is 11.9 Å². The maximum atomic E-state index is 12.2. The molecule has 0 saturated heterocycles. The number of esters is 2. The molecule has 0 atom stereocenters. The molecule has 4 heteroatoms. The second-order valence-electron chi connectivity index (χ2n) is 6.60. The van der Waals surface area contributed by atoms with Gasteiger partial charge in [0.25, 0.3) is 0 Å². The molecular weight excluding hydrogens is 268 g/mol. The Kier molecular flexibility index (Phi) is 7.48. The highest BCUT2D eigenvalue weighted by atomic mass is 16.5. The van der Waals surface area contributed by atoms with Gasteiger partial charge in [0.1, 0.15) is 0 Å². The van der Waals surface area contributed by atoms with Gasteiger partial charge < -0.3 is 9.47 Å². The molecule has 1 aliphatic carbocycles. The van der Waals surface area contributed by atoms with Gasteiger partial charge in [-0.15, -0.1) is 0 Å². The van der Waals surface area contributed by atoms with Crippen molar-refractivity contribution in [3.05, 3.63) is 11.6 Å². The largest absolute Gasteiger partial charge is 0.462 e. The van der Waals surface area contributed by atoms with E-state index >= 15 is 0 Å². The Morgan fingerprint density at radius 3 is 2.05 bits per heavy atom. The molecule has 0 aliphatic heterocycles. The van der Waals surface area contributed by atoms with Gasteiger partial charge in [-0.3, -0.25) is 0 Å². The lowest BCUT2D eigenvalue weighted by atomic mass is 9.97. The molecule has 0 bridgehead atoms.